The zero-order valence-electron chi connectivity index (χ0n) is 13.3. The van der Waals surface area contributed by atoms with Gasteiger partial charge in [0.15, 0.2) is 12.4 Å². The Kier molecular flexibility index (Phi) is 5.82. The average molecular weight is 408 g/mol. The van der Waals surface area contributed by atoms with Crippen LogP contribution in [0.15, 0.2) is 47.4 Å². The standard InChI is InChI=1S/C16H13ClF3NO4S/c1-10(22)11-2-5-13(6-3-11)26(23,24)21-14-8-12(17)4-7-15(14)25-9-16(18,19)20/h2-8,21H,9H2,1H3. The van der Waals surface area contributed by atoms with E-state index >= 15 is 0 Å². The monoisotopic (exact) mass is 407 g/mol. The van der Waals surface area contributed by atoms with Crippen molar-refractivity contribution in [3.05, 3.63) is 53.1 Å². The second-order valence-corrected chi connectivity index (χ2v) is 7.35. The lowest BCUT2D eigenvalue weighted by molar-refractivity contribution is -0.153. The molecule has 0 aromatic heterocycles. The predicted octanol–water partition coefficient (Wildman–Crippen LogP) is 4.28. The van der Waals surface area contributed by atoms with E-state index in [4.69, 9.17) is 11.6 Å². The maximum absolute atomic E-state index is 12.4. The van der Waals surface area contributed by atoms with E-state index in [9.17, 15) is 26.4 Å². The topological polar surface area (TPSA) is 72.5 Å². The second-order valence-electron chi connectivity index (χ2n) is 5.23. The van der Waals surface area contributed by atoms with E-state index < -0.39 is 22.8 Å². The molecular formula is C16H13ClF3NO4S. The van der Waals surface area contributed by atoms with Gasteiger partial charge in [0.25, 0.3) is 10.0 Å². The third kappa shape index (κ3) is 5.37. The van der Waals surface area contributed by atoms with Crippen LogP contribution in [0, 0.1) is 0 Å². The predicted molar refractivity (Wildman–Crippen MR) is 90.3 cm³/mol. The van der Waals surface area contributed by atoms with Crippen molar-refractivity contribution in [3.8, 4) is 5.75 Å². The molecule has 0 atom stereocenters. The minimum atomic E-state index is -4.59. The summed E-state index contributed by atoms with van der Waals surface area (Å²) in [6.07, 6.45) is -4.59. The van der Waals surface area contributed by atoms with Crippen LogP contribution in [0.2, 0.25) is 5.02 Å². The number of ether oxygens (including phenoxy) is 1. The summed E-state index contributed by atoms with van der Waals surface area (Å²) in [6.45, 7) is -0.255. The second kappa shape index (κ2) is 7.55. The first-order valence-electron chi connectivity index (χ1n) is 7.11. The molecule has 0 amide bonds. The molecule has 0 spiro atoms. The van der Waals surface area contributed by atoms with Crippen molar-refractivity contribution in [2.45, 2.75) is 18.0 Å². The van der Waals surface area contributed by atoms with Gasteiger partial charge in [0.05, 0.1) is 10.6 Å². The number of ketones is 1. The average Bonchev–Trinajstić information content (AvgIpc) is 2.53. The fourth-order valence-corrected chi connectivity index (χ4v) is 3.17. The molecule has 10 heteroatoms. The number of benzene rings is 2. The van der Waals surface area contributed by atoms with Gasteiger partial charge in [-0.2, -0.15) is 13.2 Å². The van der Waals surface area contributed by atoms with Gasteiger partial charge in [0, 0.05) is 10.6 Å². The van der Waals surface area contributed by atoms with E-state index in [1.807, 2.05) is 0 Å². The smallest absolute Gasteiger partial charge is 0.422 e. The number of sulfonamides is 1. The Morgan fingerprint density at radius 3 is 2.31 bits per heavy atom. The highest BCUT2D eigenvalue weighted by Gasteiger charge is 2.29. The van der Waals surface area contributed by atoms with Crippen LogP contribution >= 0.6 is 11.6 Å². The van der Waals surface area contributed by atoms with Crippen molar-refractivity contribution in [2.75, 3.05) is 11.3 Å². The molecule has 2 rings (SSSR count). The van der Waals surface area contributed by atoms with Gasteiger partial charge in [0.1, 0.15) is 5.75 Å². The van der Waals surface area contributed by atoms with Gasteiger partial charge in [0.2, 0.25) is 0 Å². The quantitative estimate of drug-likeness (QED) is 0.725. The van der Waals surface area contributed by atoms with E-state index in [1.54, 1.807) is 0 Å². The van der Waals surface area contributed by atoms with Gasteiger partial charge in [-0.1, -0.05) is 23.7 Å². The van der Waals surface area contributed by atoms with E-state index in [-0.39, 0.29) is 27.1 Å². The highest BCUT2D eigenvalue weighted by Crippen LogP contribution is 2.31. The summed E-state index contributed by atoms with van der Waals surface area (Å²) >= 11 is 5.79. The molecule has 2 aromatic carbocycles. The van der Waals surface area contributed by atoms with Crippen LogP contribution in [0.1, 0.15) is 17.3 Å². The third-order valence-corrected chi connectivity index (χ3v) is 4.76. The first-order valence-corrected chi connectivity index (χ1v) is 8.97. The Morgan fingerprint density at radius 2 is 1.77 bits per heavy atom. The van der Waals surface area contributed by atoms with Gasteiger partial charge >= 0.3 is 6.18 Å². The first-order chi connectivity index (χ1) is 12.0. The van der Waals surface area contributed by atoms with E-state index in [2.05, 4.69) is 9.46 Å². The minimum absolute atomic E-state index is 0.106. The number of carbonyl (C=O) groups is 1. The number of hydrogen-bond acceptors (Lipinski definition) is 4. The fourth-order valence-electron chi connectivity index (χ4n) is 1.94. The molecule has 0 radical (unpaired) electrons. The lowest BCUT2D eigenvalue weighted by atomic mass is 10.2. The lowest BCUT2D eigenvalue weighted by Crippen LogP contribution is -2.20. The Hall–Kier alpha value is -2.26. The van der Waals surface area contributed by atoms with E-state index in [0.717, 1.165) is 12.1 Å². The molecule has 0 saturated carbocycles. The van der Waals surface area contributed by atoms with Crippen LogP contribution in [-0.2, 0) is 10.0 Å². The molecule has 0 aliphatic carbocycles. The van der Waals surface area contributed by atoms with E-state index in [0.29, 0.717) is 5.56 Å². The number of anilines is 1. The summed E-state index contributed by atoms with van der Waals surface area (Å²) in [5.41, 5.74) is 0.0818. The van der Waals surface area contributed by atoms with Crippen molar-refractivity contribution < 1.29 is 31.1 Å². The van der Waals surface area contributed by atoms with E-state index in [1.165, 1.54) is 37.3 Å². The van der Waals surface area contributed by atoms with Crippen molar-refractivity contribution >= 4 is 33.1 Å². The van der Waals surface area contributed by atoms with Gasteiger partial charge < -0.3 is 4.74 Å². The van der Waals surface area contributed by atoms with Crippen LogP contribution < -0.4 is 9.46 Å². The van der Waals surface area contributed by atoms with Gasteiger partial charge in [-0.15, -0.1) is 0 Å². The normalized spacial score (nSPS) is 11.9. The van der Waals surface area contributed by atoms with Gasteiger partial charge in [-0.3, -0.25) is 9.52 Å². The van der Waals surface area contributed by atoms with Crippen LogP contribution in [0.25, 0.3) is 0 Å². The van der Waals surface area contributed by atoms with Crippen LogP contribution in [0.4, 0.5) is 18.9 Å². The number of rotatable bonds is 6. The summed E-state index contributed by atoms with van der Waals surface area (Å²) in [7, 11) is -4.13. The zero-order chi connectivity index (χ0) is 19.5. The Labute approximate surface area is 152 Å². The molecule has 140 valence electrons. The molecule has 26 heavy (non-hydrogen) atoms. The summed E-state index contributed by atoms with van der Waals surface area (Å²) < 4.78 is 68.7. The number of nitrogens with one attached hydrogen (secondary N) is 1. The van der Waals surface area contributed by atoms with Gasteiger partial charge in [-0.25, -0.2) is 8.42 Å². The number of hydrogen-bond donors (Lipinski definition) is 1. The molecule has 0 fully saturated rings. The Morgan fingerprint density at radius 1 is 1.15 bits per heavy atom. The molecule has 0 aliphatic rings. The van der Waals surface area contributed by atoms with Crippen molar-refractivity contribution in [3.63, 3.8) is 0 Å². The summed E-state index contributed by atoms with van der Waals surface area (Å²) in [6, 6.07) is 8.61. The first kappa shape index (κ1) is 20.1. The summed E-state index contributed by atoms with van der Waals surface area (Å²) in [4.78, 5) is 11.1. The zero-order valence-corrected chi connectivity index (χ0v) is 14.9. The molecule has 0 unspecified atom stereocenters. The van der Waals surface area contributed by atoms with Crippen molar-refractivity contribution in [2.24, 2.45) is 0 Å². The summed E-state index contributed by atoms with van der Waals surface area (Å²) in [5, 5.41) is 0.106. The largest absolute Gasteiger partial charge is 0.482 e. The molecule has 0 bridgehead atoms. The molecule has 1 N–H and O–H groups in total. The molecule has 0 aliphatic heterocycles. The highest BCUT2D eigenvalue weighted by atomic mass is 35.5. The van der Waals surface area contributed by atoms with Crippen LogP contribution in [-0.4, -0.2) is 27.0 Å². The minimum Gasteiger partial charge on any atom is -0.482 e. The lowest BCUT2D eigenvalue weighted by Gasteiger charge is -2.15. The van der Waals surface area contributed by atoms with Crippen LogP contribution in [0.5, 0.6) is 5.75 Å². The molecule has 0 heterocycles. The Balaban J connectivity index is 2.30. The summed E-state index contributed by atoms with van der Waals surface area (Å²) in [5.74, 6) is -0.560. The Bertz CT molecular complexity index is 912. The number of Topliss-reactive ketones (excluding diaryl/α,β-unsaturated/α-hetero) is 1. The maximum Gasteiger partial charge on any atom is 0.422 e. The molecule has 5 nitrogen and oxygen atoms in total. The van der Waals surface area contributed by atoms with Crippen molar-refractivity contribution in [1.82, 2.24) is 0 Å². The number of halogens is 4. The SMILES string of the molecule is CC(=O)c1ccc(S(=O)(=O)Nc2cc(Cl)ccc2OCC(F)(F)F)cc1. The highest BCUT2D eigenvalue weighted by molar-refractivity contribution is 7.92. The third-order valence-electron chi connectivity index (χ3n) is 3.15. The molecule has 0 saturated heterocycles. The number of carbonyl (C=O) groups excluding carboxylic acids is 1. The van der Waals surface area contributed by atoms with Crippen LogP contribution in [0.3, 0.4) is 0 Å². The maximum atomic E-state index is 12.4. The number of alkyl halides is 3. The van der Waals surface area contributed by atoms with Crippen molar-refractivity contribution in [1.29, 1.82) is 0 Å². The fraction of sp³-hybridized carbons (Fsp3) is 0.188. The molecule has 2 aromatic rings. The molecular weight excluding hydrogens is 395 g/mol. The van der Waals surface area contributed by atoms with Gasteiger partial charge in [-0.05, 0) is 37.3 Å².